The van der Waals surface area contributed by atoms with Crippen molar-refractivity contribution in [1.82, 2.24) is 0 Å². The number of ether oxygens (including phenoxy) is 1. The van der Waals surface area contributed by atoms with Gasteiger partial charge in [-0.15, -0.1) is 0 Å². The quantitative estimate of drug-likeness (QED) is 0.442. The molecule has 0 aromatic carbocycles. The minimum absolute atomic E-state index is 0.176. The number of rotatable bonds is 6. The van der Waals surface area contributed by atoms with E-state index in [1.165, 1.54) is 13.0 Å². The second kappa shape index (κ2) is 16.6. The van der Waals surface area contributed by atoms with Gasteiger partial charge in [0.25, 0.3) is 0 Å². The first-order chi connectivity index (χ1) is 9.22. The molecule has 0 unspecified atom stereocenters. The molecular formula is C14H22O6. The molecular weight excluding hydrogens is 264 g/mol. The van der Waals surface area contributed by atoms with Crippen LogP contribution in [0.2, 0.25) is 0 Å². The van der Waals surface area contributed by atoms with Crippen molar-refractivity contribution >= 4 is 17.9 Å². The maximum atomic E-state index is 10.3. The summed E-state index contributed by atoms with van der Waals surface area (Å²) in [6.45, 7) is 13.4. The molecule has 114 valence electrons. The molecule has 6 nitrogen and oxygen atoms in total. The molecule has 0 fully saturated rings. The van der Waals surface area contributed by atoms with E-state index in [4.69, 9.17) is 10.2 Å². The molecule has 20 heavy (non-hydrogen) atoms. The predicted molar refractivity (Wildman–Crippen MR) is 76.3 cm³/mol. The smallest absolute Gasteiger partial charge is 0.330 e. The Morgan fingerprint density at radius 2 is 1.55 bits per heavy atom. The third-order valence-corrected chi connectivity index (χ3v) is 1.45. The topological polar surface area (TPSA) is 101 Å². The highest BCUT2D eigenvalue weighted by Crippen LogP contribution is 1.88. The summed E-state index contributed by atoms with van der Waals surface area (Å²) in [5, 5.41) is 15.5. The Bertz CT molecular complexity index is 332. The Hall–Kier alpha value is -2.37. The van der Waals surface area contributed by atoms with Crippen molar-refractivity contribution in [3.8, 4) is 0 Å². The maximum absolute atomic E-state index is 10.3. The lowest BCUT2D eigenvalue weighted by Gasteiger charge is -1.97. The van der Waals surface area contributed by atoms with Crippen LogP contribution in [0.15, 0.2) is 37.5 Å². The summed E-state index contributed by atoms with van der Waals surface area (Å²) >= 11 is 0. The monoisotopic (exact) mass is 286 g/mol. The maximum Gasteiger partial charge on any atom is 0.330 e. The van der Waals surface area contributed by atoms with E-state index in [9.17, 15) is 14.4 Å². The molecule has 0 aromatic heterocycles. The normalized spacial score (nSPS) is 7.70. The van der Waals surface area contributed by atoms with Gasteiger partial charge in [0.15, 0.2) is 0 Å². The van der Waals surface area contributed by atoms with Gasteiger partial charge in [-0.05, 0) is 13.3 Å². The van der Waals surface area contributed by atoms with Gasteiger partial charge in [0, 0.05) is 17.7 Å². The lowest BCUT2D eigenvalue weighted by Crippen LogP contribution is -2.00. The standard InChI is InChI=1S/C7H12O2.C4H6O2.C3H4O2/c1-3-5-6-9-7(8)4-2;1-3(2)4(5)6;1-2-3(4)5/h4H,2-3,5-6H2,1H3;1H2,2H3,(H,5,6);2H,1H2,(H,4,5). The molecule has 0 atom stereocenters. The fraction of sp³-hybridized carbons (Fsp3) is 0.357. The van der Waals surface area contributed by atoms with Crippen LogP contribution in [0.5, 0.6) is 0 Å². The van der Waals surface area contributed by atoms with E-state index in [1.807, 2.05) is 6.92 Å². The number of unbranched alkanes of at least 4 members (excludes halogenated alkanes) is 1. The zero-order valence-electron chi connectivity index (χ0n) is 11.9. The summed E-state index contributed by atoms with van der Waals surface area (Å²) in [6.07, 6.45) is 3.99. The fourth-order valence-electron chi connectivity index (χ4n) is 0.376. The third kappa shape index (κ3) is 29.6. The SMILES string of the molecule is C=C(C)C(=O)O.C=CC(=O)O.C=CC(=O)OCCCC. The molecule has 0 aliphatic rings. The summed E-state index contributed by atoms with van der Waals surface area (Å²) in [4.78, 5) is 29.2. The van der Waals surface area contributed by atoms with Gasteiger partial charge in [-0.2, -0.15) is 0 Å². The van der Waals surface area contributed by atoms with E-state index in [0.29, 0.717) is 6.61 Å². The Morgan fingerprint density at radius 1 is 1.15 bits per heavy atom. The van der Waals surface area contributed by atoms with Gasteiger partial charge in [-0.1, -0.05) is 33.1 Å². The van der Waals surface area contributed by atoms with Gasteiger partial charge < -0.3 is 14.9 Å². The first-order valence-corrected chi connectivity index (χ1v) is 5.76. The molecule has 0 saturated carbocycles. The highest BCUT2D eigenvalue weighted by molar-refractivity contribution is 5.84. The van der Waals surface area contributed by atoms with Crippen LogP contribution in [0.25, 0.3) is 0 Å². The molecule has 0 saturated heterocycles. The van der Waals surface area contributed by atoms with Gasteiger partial charge >= 0.3 is 17.9 Å². The van der Waals surface area contributed by atoms with Crippen LogP contribution in [0.1, 0.15) is 26.7 Å². The van der Waals surface area contributed by atoms with Gasteiger partial charge in [-0.25, -0.2) is 14.4 Å². The van der Waals surface area contributed by atoms with Crippen LogP contribution in [-0.4, -0.2) is 34.7 Å². The number of hydrogen-bond donors (Lipinski definition) is 2. The predicted octanol–water partition coefficient (Wildman–Crippen LogP) is 2.42. The number of hydrogen-bond acceptors (Lipinski definition) is 4. The zero-order chi connectivity index (χ0) is 16.6. The second-order valence-electron chi connectivity index (χ2n) is 3.35. The number of carbonyl (C=O) groups is 3. The molecule has 2 N–H and O–H groups in total. The van der Waals surface area contributed by atoms with Crippen LogP contribution < -0.4 is 0 Å². The Morgan fingerprint density at radius 3 is 1.75 bits per heavy atom. The van der Waals surface area contributed by atoms with Crippen molar-refractivity contribution in [2.24, 2.45) is 0 Å². The van der Waals surface area contributed by atoms with Crippen molar-refractivity contribution in [2.45, 2.75) is 26.7 Å². The largest absolute Gasteiger partial charge is 0.478 e. The molecule has 0 spiro atoms. The number of carbonyl (C=O) groups excluding carboxylic acids is 1. The number of carboxylic acids is 2. The van der Waals surface area contributed by atoms with Gasteiger partial charge in [0.2, 0.25) is 0 Å². The van der Waals surface area contributed by atoms with Crippen molar-refractivity contribution in [3.05, 3.63) is 37.5 Å². The van der Waals surface area contributed by atoms with Crippen LogP contribution in [0.3, 0.4) is 0 Å². The lowest BCUT2D eigenvalue weighted by molar-refractivity contribution is -0.138. The average molecular weight is 286 g/mol. The summed E-state index contributed by atoms with van der Waals surface area (Å²) in [5.41, 5.74) is 0.176. The molecule has 0 amide bonds. The first-order valence-electron chi connectivity index (χ1n) is 5.76. The molecule has 0 radical (unpaired) electrons. The fourth-order valence-corrected chi connectivity index (χ4v) is 0.376. The zero-order valence-corrected chi connectivity index (χ0v) is 11.9. The second-order valence-corrected chi connectivity index (χ2v) is 3.35. The van der Waals surface area contributed by atoms with E-state index < -0.39 is 11.9 Å². The molecule has 0 bridgehead atoms. The molecule has 0 aliphatic heterocycles. The third-order valence-electron chi connectivity index (χ3n) is 1.45. The van der Waals surface area contributed by atoms with Gasteiger partial charge in [0.05, 0.1) is 6.61 Å². The van der Waals surface area contributed by atoms with Crippen molar-refractivity contribution in [1.29, 1.82) is 0 Å². The minimum Gasteiger partial charge on any atom is -0.478 e. The van der Waals surface area contributed by atoms with Gasteiger partial charge in [-0.3, -0.25) is 0 Å². The van der Waals surface area contributed by atoms with Crippen LogP contribution in [0, 0.1) is 0 Å². The van der Waals surface area contributed by atoms with E-state index in [0.717, 1.165) is 18.9 Å². The van der Waals surface area contributed by atoms with Crippen molar-refractivity contribution in [3.63, 3.8) is 0 Å². The average Bonchev–Trinajstić information content (AvgIpc) is 2.40. The van der Waals surface area contributed by atoms with E-state index in [2.05, 4.69) is 24.5 Å². The number of esters is 1. The molecule has 0 aromatic rings. The highest BCUT2D eigenvalue weighted by Gasteiger charge is 1.91. The van der Waals surface area contributed by atoms with Crippen LogP contribution in [-0.2, 0) is 19.1 Å². The minimum atomic E-state index is -0.981. The Kier molecular flexibility index (Phi) is 18.9. The van der Waals surface area contributed by atoms with Crippen LogP contribution >= 0.6 is 0 Å². The van der Waals surface area contributed by atoms with E-state index >= 15 is 0 Å². The Balaban J connectivity index is -0.000000230. The van der Waals surface area contributed by atoms with Crippen molar-refractivity contribution in [2.75, 3.05) is 6.61 Å². The van der Waals surface area contributed by atoms with Crippen molar-refractivity contribution < 1.29 is 29.3 Å². The number of carboxylic acid groups (broad SMARTS) is 2. The van der Waals surface area contributed by atoms with E-state index in [-0.39, 0.29) is 11.5 Å². The summed E-state index contributed by atoms with van der Waals surface area (Å²) < 4.78 is 4.67. The summed E-state index contributed by atoms with van der Waals surface area (Å²) in [6, 6.07) is 0. The summed E-state index contributed by atoms with van der Waals surface area (Å²) in [7, 11) is 0. The van der Waals surface area contributed by atoms with E-state index in [1.54, 1.807) is 0 Å². The van der Waals surface area contributed by atoms with Crippen LogP contribution in [0.4, 0.5) is 0 Å². The highest BCUT2D eigenvalue weighted by atomic mass is 16.5. The first kappa shape index (κ1) is 22.8. The molecule has 0 heterocycles. The lowest BCUT2D eigenvalue weighted by atomic mass is 10.4. The summed E-state index contributed by atoms with van der Waals surface area (Å²) in [5.74, 6) is -2.25. The molecule has 6 heteroatoms. The molecule has 0 rings (SSSR count). The Labute approximate surface area is 119 Å². The molecule has 0 aliphatic carbocycles. The van der Waals surface area contributed by atoms with Gasteiger partial charge in [0.1, 0.15) is 0 Å². The number of aliphatic carboxylic acids is 2.